The molecule has 4 rings (SSSR count). The van der Waals surface area contributed by atoms with Crippen molar-refractivity contribution < 1.29 is 19.1 Å². The number of piperazine rings is 1. The monoisotopic (exact) mass is 518 g/mol. The summed E-state index contributed by atoms with van der Waals surface area (Å²) >= 11 is 1.35. The topological polar surface area (TPSA) is 86.1 Å². The van der Waals surface area contributed by atoms with Gasteiger partial charge in [0, 0.05) is 49.3 Å². The van der Waals surface area contributed by atoms with Crippen LogP contribution in [-0.4, -0.2) is 62.0 Å². The number of hydrogen-bond acceptors (Lipinski definition) is 7. The maximum atomic E-state index is 13.6. The highest BCUT2D eigenvalue weighted by molar-refractivity contribution is 8.06. The summed E-state index contributed by atoms with van der Waals surface area (Å²) in [7, 11) is 3.22. The number of anilines is 1. The van der Waals surface area contributed by atoms with Gasteiger partial charge in [0.25, 0.3) is 5.91 Å². The Balaban J connectivity index is 1.67. The van der Waals surface area contributed by atoms with Crippen LogP contribution in [-0.2, 0) is 9.59 Å². The molecule has 2 aliphatic rings. The average Bonchev–Trinajstić information content (AvgIpc) is 3.38. The van der Waals surface area contributed by atoms with Gasteiger partial charge in [0.05, 0.1) is 19.9 Å². The Morgan fingerprint density at radius 2 is 1.65 bits per heavy atom. The number of benzene rings is 2. The molecule has 0 aromatic heterocycles. The molecule has 0 bridgehead atoms. The molecule has 2 aromatic carbocycles. The number of methoxy groups -OCH3 is 2. The van der Waals surface area contributed by atoms with Gasteiger partial charge in [-0.05, 0) is 42.8 Å². The molecule has 0 unspecified atom stereocenters. The lowest BCUT2D eigenvalue weighted by Gasteiger charge is -2.35. The normalized spacial score (nSPS) is 16.7. The first-order valence-electron chi connectivity index (χ1n) is 12.2. The summed E-state index contributed by atoms with van der Waals surface area (Å²) in [6, 6.07) is 17.3. The minimum Gasteiger partial charge on any atom is -0.497 e. The summed E-state index contributed by atoms with van der Waals surface area (Å²) in [6.45, 7) is 3.72. The first kappa shape index (κ1) is 26.2. The van der Waals surface area contributed by atoms with E-state index in [-0.39, 0.29) is 17.4 Å². The third-order valence-electron chi connectivity index (χ3n) is 6.35. The average molecular weight is 519 g/mol. The summed E-state index contributed by atoms with van der Waals surface area (Å²) in [5.41, 5.74) is 2.60. The fourth-order valence-electron chi connectivity index (χ4n) is 4.34. The van der Waals surface area contributed by atoms with Crippen molar-refractivity contribution in [1.82, 2.24) is 9.80 Å². The van der Waals surface area contributed by atoms with E-state index in [4.69, 9.17) is 9.47 Å². The van der Waals surface area contributed by atoms with Crippen LogP contribution in [0, 0.1) is 11.3 Å². The molecule has 192 valence electrons. The summed E-state index contributed by atoms with van der Waals surface area (Å²) in [5.74, 6) is 1.20. The third kappa shape index (κ3) is 5.59. The van der Waals surface area contributed by atoms with Gasteiger partial charge >= 0.3 is 0 Å². The summed E-state index contributed by atoms with van der Waals surface area (Å²) in [4.78, 5) is 31.2. The minimum atomic E-state index is -0.327. The number of nitriles is 1. The van der Waals surface area contributed by atoms with Crippen molar-refractivity contribution in [3.63, 3.8) is 0 Å². The first-order valence-corrected chi connectivity index (χ1v) is 13.1. The number of thioether (sulfide) groups is 1. The lowest BCUT2D eigenvalue weighted by molar-refractivity contribution is -0.137. The first-order chi connectivity index (χ1) is 18.0. The molecular weight excluding hydrogens is 488 g/mol. The highest BCUT2D eigenvalue weighted by Gasteiger charge is 2.33. The number of amides is 2. The molecule has 0 atom stereocenters. The Hall–Kier alpha value is -3.90. The zero-order valence-corrected chi connectivity index (χ0v) is 22.1. The predicted octanol–water partition coefficient (Wildman–Crippen LogP) is 4.46. The van der Waals surface area contributed by atoms with Gasteiger partial charge < -0.3 is 24.2 Å². The van der Waals surface area contributed by atoms with E-state index in [0.29, 0.717) is 49.1 Å². The number of carbonyl (C=O) groups excluding carboxylic acids is 2. The van der Waals surface area contributed by atoms with Crippen molar-refractivity contribution in [2.45, 2.75) is 19.8 Å². The van der Waals surface area contributed by atoms with Crippen LogP contribution in [0.5, 0.6) is 11.5 Å². The van der Waals surface area contributed by atoms with Crippen LogP contribution < -0.4 is 14.4 Å². The molecule has 2 aromatic rings. The van der Waals surface area contributed by atoms with Crippen molar-refractivity contribution in [2.75, 3.05) is 45.3 Å². The maximum Gasteiger partial charge on any atom is 0.267 e. The zero-order chi connectivity index (χ0) is 26.4. The van der Waals surface area contributed by atoms with Crippen molar-refractivity contribution in [2.24, 2.45) is 0 Å². The molecule has 0 radical (unpaired) electrons. The van der Waals surface area contributed by atoms with Crippen molar-refractivity contribution >= 4 is 35.0 Å². The van der Waals surface area contributed by atoms with Crippen LogP contribution in [0.2, 0.25) is 0 Å². The summed E-state index contributed by atoms with van der Waals surface area (Å²) in [5, 5.41) is 12.6. The van der Waals surface area contributed by atoms with Gasteiger partial charge in [-0.1, -0.05) is 30.8 Å². The third-order valence-corrected chi connectivity index (χ3v) is 7.30. The molecule has 37 heavy (non-hydrogen) atoms. The lowest BCUT2D eigenvalue weighted by atomic mass is 10.1. The van der Waals surface area contributed by atoms with Crippen LogP contribution in [0.1, 0.15) is 25.3 Å². The Labute approximate surface area is 221 Å². The van der Waals surface area contributed by atoms with Crippen molar-refractivity contribution in [3.8, 4) is 17.6 Å². The van der Waals surface area contributed by atoms with Crippen LogP contribution in [0.3, 0.4) is 0 Å². The second-order valence-electron chi connectivity index (χ2n) is 8.60. The molecule has 0 aliphatic carbocycles. The number of nitrogens with zero attached hydrogens (tertiary/aromatic N) is 4. The van der Waals surface area contributed by atoms with Gasteiger partial charge in [-0.2, -0.15) is 5.26 Å². The molecule has 2 heterocycles. The van der Waals surface area contributed by atoms with Crippen molar-refractivity contribution in [3.05, 3.63) is 70.1 Å². The van der Waals surface area contributed by atoms with Crippen molar-refractivity contribution in [1.29, 1.82) is 5.26 Å². The highest BCUT2D eigenvalue weighted by Crippen LogP contribution is 2.45. The molecule has 0 saturated carbocycles. The van der Waals surface area contributed by atoms with E-state index in [2.05, 4.69) is 6.07 Å². The lowest BCUT2D eigenvalue weighted by Crippen LogP contribution is -2.51. The van der Waals surface area contributed by atoms with Gasteiger partial charge in [0.2, 0.25) is 5.91 Å². The van der Waals surface area contributed by atoms with E-state index in [0.717, 1.165) is 23.4 Å². The molecule has 9 heteroatoms. The maximum absolute atomic E-state index is 13.6. The smallest absolute Gasteiger partial charge is 0.267 e. The molecule has 2 amide bonds. The second kappa shape index (κ2) is 11.9. The molecule has 2 aliphatic heterocycles. The van der Waals surface area contributed by atoms with E-state index >= 15 is 0 Å². The molecule has 0 N–H and O–H groups in total. The molecule has 1 saturated heterocycles. The Kier molecular flexibility index (Phi) is 8.41. The standard InChI is InChI=1S/C28H30N4O4S/c1-4-6-26(33)30-13-15-31(16-14-30)27(34)24(18-29)28-32(21-9-11-22(35-2)12-10-21)25(19-37-28)20-7-5-8-23(17-20)36-3/h5,7-12,17,19H,4,6,13-16H2,1-3H3/b28-24-. The largest absolute Gasteiger partial charge is 0.497 e. The number of rotatable bonds is 7. The van der Waals surface area contributed by atoms with Gasteiger partial charge in [-0.15, -0.1) is 0 Å². The fourth-order valence-corrected chi connectivity index (χ4v) is 5.37. The van der Waals surface area contributed by atoms with E-state index in [1.54, 1.807) is 24.0 Å². The van der Waals surface area contributed by atoms with Crippen LogP contribution >= 0.6 is 11.8 Å². The zero-order valence-electron chi connectivity index (χ0n) is 21.3. The molecule has 1 fully saturated rings. The van der Waals surface area contributed by atoms with Gasteiger partial charge in [-0.3, -0.25) is 9.59 Å². The second-order valence-corrected chi connectivity index (χ2v) is 9.46. The summed E-state index contributed by atoms with van der Waals surface area (Å²) < 4.78 is 10.7. The van der Waals surface area contributed by atoms with Crippen LogP contribution in [0.25, 0.3) is 5.70 Å². The Morgan fingerprint density at radius 1 is 0.973 bits per heavy atom. The van der Waals surface area contributed by atoms with E-state index < -0.39 is 0 Å². The molecular formula is C28H30N4O4S. The molecule has 8 nitrogen and oxygen atoms in total. The predicted molar refractivity (Wildman–Crippen MR) is 145 cm³/mol. The molecule has 0 spiro atoms. The number of ether oxygens (including phenoxy) is 2. The minimum absolute atomic E-state index is 0.0725. The van der Waals surface area contributed by atoms with E-state index in [9.17, 15) is 14.9 Å². The van der Waals surface area contributed by atoms with Gasteiger partial charge in [0.1, 0.15) is 28.2 Å². The van der Waals surface area contributed by atoms with Gasteiger partial charge in [-0.25, -0.2) is 0 Å². The van der Waals surface area contributed by atoms with E-state index in [1.165, 1.54) is 11.8 Å². The number of hydrogen-bond donors (Lipinski definition) is 0. The highest BCUT2D eigenvalue weighted by atomic mass is 32.2. The number of carbonyl (C=O) groups is 2. The SMILES string of the molecule is CCCC(=O)N1CCN(C(=O)/C(C#N)=C2\SC=C(c3cccc(OC)c3)N2c2ccc(OC)cc2)CC1. The van der Waals surface area contributed by atoms with Gasteiger partial charge in [0.15, 0.2) is 0 Å². The fraction of sp³-hybridized carbons (Fsp3) is 0.321. The van der Waals surface area contributed by atoms with Crippen LogP contribution in [0.4, 0.5) is 5.69 Å². The summed E-state index contributed by atoms with van der Waals surface area (Å²) in [6.07, 6.45) is 1.30. The Bertz CT molecular complexity index is 1260. The Morgan fingerprint density at radius 3 is 2.27 bits per heavy atom. The quantitative estimate of drug-likeness (QED) is 0.395. The van der Waals surface area contributed by atoms with Crippen LogP contribution in [0.15, 0.2) is 64.5 Å². The van der Waals surface area contributed by atoms with E-state index in [1.807, 2.05) is 65.8 Å².